The summed E-state index contributed by atoms with van der Waals surface area (Å²) in [5, 5.41) is 5.53. The SMILES string of the molecule is Cc1ccc([C@@H](CNC(=O)CCNc2ncc(C(F)(F)F)cc2Cl)N(C)C)cc1. The van der Waals surface area contributed by atoms with E-state index in [9.17, 15) is 18.0 Å². The molecule has 0 saturated carbocycles. The molecule has 2 rings (SSSR count). The average molecular weight is 429 g/mol. The molecule has 9 heteroatoms. The second kappa shape index (κ2) is 9.93. The van der Waals surface area contributed by atoms with Crippen LogP contribution in [0, 0.1) is 6.92 Å². The van der Waals surface area contributed by atoms with Crippen molar-refractivity contribution in [2.75, 3.05) is 32.5 Å². The predicted molar refractivity (Wildman–Crippen MR) is 108 cm³/mol. The highest BCUT2D eigenvalue weighted by molar-refractivity contribution is 6.32. The van der Waals surface area contributed by atoms with E-state index in [0.29, 0.717) is 12.7 Å². The Bertz CT molecular complexity index is 825. The fourth-order valence-electron chi connectivity index (χ4n) is 2.70. The number of nitrogens with one attached hydrogen (secondary N) is 2. The van der Waals surface area contributed by atoms with E-state index >= 15 is 0 Å². The van der Waals surface area contributed by atoms with Crippen molar-refractivity contribution in [3.63, 3.8) is 0 Å². The van der Waals surface area contributed by atoms with Gasteiger partial charge in [-0.15, -0.1) is 0 Å². The third-order valence-electron chi connectivity index (χ3n) is 4.39. The van der Waals surface area contributed by atoms with Gasteiger partial charge in [-0.3, -0.25) is 4.79 Å². The first-order chi connectivity index (χ1) is 13.6. The van der Waals surface area contributed by atoms with Gasteiger partial charge in [-0.1, -0.05) is 41.4 Å². The van der Waals surface area contributed by atoms with Crippen LogP contribution in [0.5, 0.6) is 0 Å². The van der Waals surface area contributed by atoms with Gasteiger partial charge in [0, 0.05) is 25.7 Å². The Labute approximate surface area is 173 Å². The molecular formula is C20H24ClF3N4O. The van der Waals surface area contributed by atoms with Gasteiger partial charge >= 0.3 is 6.18 Å². The number of nitrogens with zero attached hydrogens (tertiary/aromatic N) is 2. The minimum Gasteiger partial charge on any atom is -0.368 e. The summed E-state index contributed by atoms with van der Waals surface area (Å²) in [6.45, 7) is 2.65. The molecule has 5 nitrogen and oxygen atoms in total. The van der Waals surface area contributed by atoms with E-state index in [-0.39, 0.29) is 35.8 Å². The van der Waals surface area contributed by atoms with Gasteiger partial charge in [0.05, 0.1) is 16.6 Å². The molecule has 0 fully saturated rings. The topological polar surface area (TPSA) is 57.3 Å². The number of aromatic nitrogens is 1. The summed E-state index contributed by atoms with van der Waals surface area (Å²) < 4.78 is 37.9. The van der Waals surface area contributed by atoms with Gasteiger partial charge in [-0.05, 0) is 32.6 Å². The van der Waals surface area contributed by atoms with Crippen molar-refractivity contribution in [1.82, 2.24) is 15.2 Å². The first-order valence-electron chi connectivity index (χ1n) is 9.04. The quantitative estimate of drug-likeness (QED) is 0.658. The van der Waals surface area contributed by atoms with E-state index in [1.807, 2.05) is 50.2 Å². The summed E-state index contributed by atoms with van der Waals surface area (Å²) >= 11 is 5.84. The molecule has 0 aliphatic carbocycles. The number of carbonyl (C=O) groups is 1. The molecule has 1 heterocycles. The lowest BCUT2D eigenvalue weighted by Gasteiger charge is -2.25. The number of carbonyl (C=O) groups excluding carboxylic acids is 1. The predicted octanol–water partition coefficient (Wildman–Crippen LogP) is 4.28. The summed E-state index contributed by atoms with van der Waals surface area (Å²) in [6, 6.07) is 8.95. The van der Waals surface area contributed by atoms with Crippen LogP contribution in [-0.4, -0.2) is 43.0 Å². The Morgan fingerprint density at radius 1 is 1.24 bits per heavy atom. The van der Waals surface area contributed by atoms with Crippen LogP contribution >= 0.6 is 11.6 Å². The van der Waals surface area contributed by atoms with Crippen molar-refractivity contribution >= 4 is 23.3 Å². The van der Waals surface area contributed by atoms with Crippen molar-refractivity contribution in [3.8, 4) is 0 Å². The zero-order valence-corrected chi connectivity index (χ0v) is 17.2. The maximum Gasteiger partial charge on any atom is 0.417 e. The van der Waals surface area contributed by atoms with E-state index in [4.69, 9.17) is 11.6 Å². The Morgan fingerprint density at radius 2 is 1.90 bits per heavy atom. The van der Waals surface area contributed by atoms with Crippen molar-refractivity contribution in [3.05, 3.63) is 58.2 Å². The normalized spacial score (nSPS) is 12.7. The lowest BCUT2D eigenvalue weighted by molar-refractivity contribution is -0.137. The van der Waals surface area contributed by atoms with Gasteiger partial charge in [-0.25, -0.2) is 4.98 Å². The first kappa shape index (κ1) is 23.0. The highest BCUT2D eigenvalue weighted by Crippen LogP contribution is 2.32. The van der Waals surface area contributed by atoms with E-state index < -0.39 is 11.7 Å². The molecule has 29 heavy (non-hydrogen) atoms. The van der Waals surface area contributed by atoms with Gasteiger partial charge in [0.15, 0.2) is 0 Å². The standard InChI is InChI=1S/C20H24ClF3N4O/c1-13-4-6-14(7-5-13)17(28(2)3)12-26-18(29)8-9-25-19-16(21)10-15(11-27-19)20(22,23)24/h4-7,10-11,17H,8-9,12H2,1-3H3,(H,25,27)(H,26,29)/t17-/m1/s1. The third-order valence-corrected chi connectivity index (χ3v) is 4.68. The van der Waals surface area contributed by atoms with E-state index in [2.05, 4.69) is 15.6 Å². The number of pyridine rings is 1. The Balaban J connectivity index is 1.84. The monoisotopic (exact) mass is 428 g/mol. The number of hydrogen-bond donors (Lipinski definition) is 2. The van der Waals surface area contributed by atoms with Crippen LogP contribution < -0.4 is 10.6 Å². The zero-order chi connectivity index (χ0) is 21.6. The molecule has 2 N–H and O–H groups in total. The summed E-state index contributed by atoms with van der Waals surface area (Å²) in [6.07, 6.45) is -3.67. The smallest absolute Gasteiger partial charge is 0.368 e. The molecule has 0 bridgehead atoms. The highest BCUT2D eigenvalue weighted by Gasteiger charge is 2.31. The zero-order valence-electron chi connectivity index (χ0n) is 16.5. The molecule has 0 saturated heterocycles. The average Bonchev–Trinajstić information content (AvgIpc) is 2.63. The molecule has 1 amide bonds. The Hall–Kier alpha value is -2.32. The third kappa shape index (κ3) is 6.90. The number of amides is 1. The van der Waals surface area contributed by atoms with Gasteiger partial charge in [0.1, 0.15) is 5.82 Å². The lowest BCUT2D eigenvalue weighted by Crippen LogP contribution is -2.35. The van der Waals surface area contributed by atoms with Crippen LogP contribution in [0.25, 0.3) is 0 Å². The van der Waals surface area contributed by atoms with Gasteiger partial charge in [0.2, 0.25) is 5.91 Å². The van der Waals surface area contributed by atoms with Crippen LogP contribution in [0.3, 0.4) is 0 Å². The fraction of sp³-hybridized carbons (Fsp3) is 0.400. The van der Waals surface area contributed by atoms with Crippen LogP contribution in [0.1, 0.15) is 29.2 Å². The first-order valence-corrected chi connectivity index (χ1v) is 9.42. The van der Waals surface area contributed by atoms with Crippen LogP contribution in [0.15, 0.2) is 36.5 Å². The van der Waals surface area contributed by atoms with Gasteiger partial charge in [-0.2, -0.15) is 13.2 Å². The maximum absolute atomic E-state index is 12.6. The number of benzene rings is 1. The van der Waals surface area contributed by atoms with E-state index in [1.54, 1.807) is 0 Å². The van der Waals surface area contributed by atoms with E-state index in [1.165, 1.54) is 0 Å². The maximum atomic E-state index is 12.6. The molecule has 158 valence electrons. The van der Waals surface area contributed by atoms with Crippen molar-refractivity contribution in [2.24, 2.45) is 0 Å². The molecule has 0 spiro atoms. The second-order valence-electron chi connectivity index (χ2n) is 6.92. The van der Waals surface area contributed by atoms with Crippen molar-refractivity contribution in [2.45, 2.75) is 25.6 Å². The summed E-state index contributed by atoms with van der Waals surface area (Å²) in [4.78, 5) is 17.9. The van der Waals surface area contributed by atoms with Crippen LogP contribution in [0.4, 0.5) is 19.0 Å². The van der Waals surface area contributed by atoms with Crippen molar-refractivity contribution < 1.29 is 18.0 Å². The number of anilines is 1. The largest absolute Gasteiger partial charge is 0.417 e. The Morgan fingerprint density at radius 3 is 2.45 bits per heavy atom. The molecule has 0 radical (unpaired) electrons. The molecule has 1 atom stereocenters. The van der Waals surface area contributed by atoms with Crippen molar-refractivity contribution in [1.29, 1.82) is 0 Å². The minimum atomic E-state index is -4.50. The molecule has 1 aromatic heterocycles. The lowest BCUT2D eigenvalue weighted by atomic mass is 10.0. The summed E-state index contributed by atoms with van der Waals surface area (Å²) in [7, 11) is 3.88. The summed E-state index contributed by atoms with van der Waals surface area (Å²) in [5.41, 5.74) is 1.34. The minimum absolute atomic E-state index is 0.0264. The fourth-order valence-corrected chi connectivity index (χ4v) is 2.94. The summed E-state index contributed by atoms with van der Waals surface area (Å²) in [5.74, 6) is -0.0715. The molecule has 2 aromatic rings. The van der Waals surface area contributed by atoms with Gasteiger partial charge < -0.3 is 15.5 Å². The second-order valence-corrected chi connectivity index (χ2v) is 7.33. The molecule has 1 aromatic carbocycles. The Kier molecular flexibility index (Phi) is 7.87. The van der Waals surface area contributed by atoms with Crippen LogP contribution in [-0.2, 0) is 11.0 Å². The number of likely N-dealkylation sites (N-methyl/N-ethyl adjacent to an activating group) is 1. The molecule has 0 unspecified atom stereocenters. The molecular weight excluding hydrogens is 405 g/mol. The number of alkyl halides is 3. The van der Waals surface area contributed by atoms with Crippen LogP contribution in [0.2, 0.25) is 5.02 Å². The number of aryl methyl sites for hydroxylation is 1. The van der Waals surface area contributed by atoms with E-state index in [0.717, 1.165) is 17.2 Å². The molecule has 0 aliphatic heterocycles. The number of rotatable bonds is 8. The number of hydrogen-bond acceptors (Lipinski definition) is 4. The number of halogens is 4. The van der Waals surface area contributed by atoms with Gasteiger partial charge in [0.25, 0.3) is 0 Å². The highest BCUT2D eigenvalue weighted by atomic mass is 35.5. The molecule has 0 aliphatic rings.